The van der Waals surface area contributed by atoms with Crippen molar-refractivity contribution in [3.63, 3.8) is 0 Å². The number of aryl methyl sites for hydroxylation is 1. The van der Waals surface area contributed by atoms with Crippen LogP contribution < -0.4 is 0 Å². The molecule has 0 bridgehead atoms. The van der Waals surface area contributed by atoms with E-state index in [-0.39, 0.29) is 5.88 Å². The summed E-state index contributed by atoms with van der Waals surface area (Å²) in [6, 6.07) is 8.01. The van der Waals surface area contributed by atoms with E-state index in [1.54, 1.807) is 0 Å². The molecule has 0 atom stereocenters. The molecule has 100 valence electrons. The predicted octanol–water partition coefficient (Wildman–Crippen LogP) is 4.65. The van der Waals surface area contributed by atoms with Crippen molar-refractivity contribution in [3.05, 3.63) is 40.6 Å². The second kappa shape index (κ2) is 7.37. The highest BCUT2D eigenvalue weighted by atomic mass is 35.5. The Morgan fingerprint density at radius 1 is 1.33 bits per heavy atom. The van der Waals surface area contributed by atoms with Crippen LogP contribution in [0.25, 0.3) is 0 Å². The van der Waals surface area contributed by atoms with Gasteiger partial charge in [-0.15, -0.1) is 11.6 Å². The lowest BCUT2D eigenvalue weighted by Gasteiger charge is -2.11. The predicted molar refractivity (Wildman–Crippen MR) is 77.5 cm³/mol. The van der Waals surface area contributed by atoms with Crippen LogP contribution in [0.15, 0.2) is 39.9 Å². The van der Waals surface area contributed by atoms with Crippen LogP contribution >= 0.6 is 31.0 Å². The number of allylic oxidation sites excluding steroid dienone is 1. The zero-order valence-electron chi connectivity index (χ0n) is 10.6. The Kier molecular flexibility index (Phi) is 6.47. The second-order valence-electron chi connectivity index (χ2n) is 3.55. The molecule has 0 fully saturated rings. The highest BCUT2D eigenvalue weighted by molar-refractivity contribution is 8.03. The van der Waals surface area contributed by atoms with E-state index in [0.29, 0.717) is 0 Å². The maximum absolute atomic E-state index is 12.0. The third-order valence-electron chi connectivity index (χ3n) is 2.21. The maximum Gasteiger partial charge on any atom is 0.354 e. The van der Waals surface area contributed by atoms with E-state index < -0.39 is 7.60 Å². The van der Waals surface area contributed by atoms with Crippen LogP contribution in [0.3, 0.4) is 0 Å². The van der Waals surface area contributed by atoms with Crippen LogP contribution in [0.5, 0.6) is 0 Å². The molecule has 0 saturated carbocycles. The zero-order chi connectivity index (χ0) is 13.6. The molecule has 0 aliphatic carbocycles. The van der Waals surface area contributed by atoms with E-state index >= 15 is 0 Å². The molecule has 6 heteroatoms. The molecule has 0 spiro atoms. The van der Waals surface area contributed by atoms with Gasteiger partial charge in [0.1, 0.15) is 0 Å². The first-order chi connectivity index (χ1) is 8.53. The Hall–Kier alpha value is -0.250. The summed E-state index contributed by atoms with van der Waals surface area (Å²) in [5.74, 6) is 1.72. The largest absolute Gasteiger partial charge is 0.354 e. The van der Waals surface area contributed by atoms with Gasteiger partial charge in [0.15, 0.2) is 0 Å². The molecule has 18 heavy (non-hydrogen) atoms. The molecule has 3 nitrogen and oxygen atoms in total. The Labute approximate surface area is 117 Å². The van der Waals surface area contributed by atoms with Crippen LogP contribution in [-0.4, -0.2) is 20.1 Å². The summed E-state index contributed by atoms with van der Waals surface area (Å²) in [7, 11) is -0.467. The van der Waals surface area contributed by atoms with Crippen molar-refractivity contribution in [3.8, 4) is 0 Å². The molecule has 0 aromatic heterocycles. The van der Waals surface area contributed by atoms with Gasteiger partial charge < -0.3 is 9.05 Å². The van der Waals surface area contributed by atoms with Gasteiger partial charge in [0, 0.05) is 29.8 Å². The average Bonchev–Trinajstić information content (AvgIpc) is 2.40. The summed E-state index contributed by atoms with van der Waals surface area (Å²) in [6.07, 6.45) is 0. The van der Waals surface area contributed by atoms with Crippen molar-refractivity contribution >= 4 is 31.0 Å². The summed E-state index contributed by atoms with van der Waals surface area (Å²) in [4.78, 5) is 1.78. The summed E-state index contributed by atoms with van der Waals surface area (Å²) in [6.45, 7) is 2.02. The van der Waals surface area contributed by atoms with Crippen molar-refractivity contribution in [2.24, 2.45) is 0 Å². The number of thioether (sulfide) groups is 1. The van der Waals surface area contributed by atoms with Gasteiger partial charge in [-0.1, -0.05) is 29.5 Å². The molecule has 0 amide bonds. The lowest BCUT2D eigenvalue weighted by molar-refractivity contribution is 0.286. The van der Waals surface area contributed by atoms with E-state index in [9.17, 15) is 4.57 Å². The third-order valence-corrected chi connectivity index (χ3v) is 5.51. The molecule has 1 aromatic carbocycles. The monoisotopic (exact) mass is 306 g/mol. The van der Waals surface area contributed by atoms with E-state index in [1.165, 1.54) is 37.4 Å². The van der Waals surface area contributed by atoms with Gasteiger partial charge in [-0.2, -0.15) is 0 Å². The van der Waals surface area contributed by atoms with Crippen LogP contribution in [0.4, 0.5) is 0 Å². The number of rotatable bonds is 6. The Morgan fingerprint density at radius 3 is 2.33 bits per heavy atom. The Balaban J connectivity index is 2.88. The standard InChI is InChI=1S/C12H16ClO3PS/c1-10-4-6-11(7-5-10)18-12(8-13)9-17(14,15-2)16-3/h4-7,9H,8H2,1-3H3/b12-9+. The third kappa shape index (κ3) is 4.79. The van der Waals surface area contributed by atoms with Crippen LogP contribution in [0, 0.1) is 6.92 Å². The van der Waals surface area contributed by atoms with Crippen molar-refractivity contribution in [1.82, 2.24) is 0 Å². The van der Waals surface area contributed by atoms with Gasteiger partial charge in [0.25, 0.3) is 0 Å². The fourth-order valence-electron chi connectivity index (χ4n) is 1.20. The Bertz CT molecular complexity index is 451. The first-order valence-electron chi connectivity index (χ1n) is 5.26. The molecule has 0 aliphatic heterocycles. The highest BCUT2D eigenvalue weighted by Crippen LogP contribution is 2.50. The lowest BCUT2D eigenvalue weighted by atomic mass is 10.2. The second-order valence-corrected chi connectivity index (χ2v) is 7.08. The molecule has 1 aromatic rings. The van der Waals surface area contributed by atoms with E-state index in [0.717, 1.165) is 9.80 Å². The molecule has 0 saturated heterocycles. The van der Waals surface area contributed by atoms with Gasteiger partial charge in [-0.25, -0.2) is 0 Å². The minimum atomic E-state index is -3.17. The fourth-order valence-corrected chi connectivity index (χ4v) is 3.58. The quantitative estimate of drug-likeness (QED) is 0.435. The van der Waals surface area contributed by atoms with Crippen LogP contribution in [0.1, 0.15) is 5.56 Å². The summed E-state index contributed by atoms with van der Waals surface area (Å²) in [5.41, 5.74) is 1.19. The average molecular weight is 307 g/mol. The number of hydrogen-bond acceptors (Lipinski definition) is 4. The smallest absolute Gasteiger partial charge is 0.309 e. The van der Waals surface area contributed by atoms with Crippen molar-refractivity contribution in [2.45, 2.75) is 11.8 Å². The normalized spacial score (nSPS) is 12.8. The van der Waals surface area contributed by atoms with Gasteiger partial charge in [-0.05, 0) is 19.1 Å². The summed E-state index contributed by atoms with van der Waals surface area (Å²) < 4.78 is 21.7. The summed E-state index contributed by atoms with van der Waals surface area (Å²) in [5, 5.41) is 0. The van der Waals surface area contributed by atoms with Crippen molar-refractivity contribution in [1.29, 1.82) is 0 Å². The molecule has 0 heterocycles. The lowest BCUT2D eigenvalue weighted by Crippen LogP contribution is -1.87. The molecule has 0 aliphatic rings. The minimum Gasteiger partial charge on any atom is -0.309 e. The van der Waals surface area contributed by atoms with Gasteiger partial charge in [-0.3, -0.25) is 4.57 Å². The fraction of sp³-hybridized carbons (Fsp3) is 0.333. The van der Waals surface area contributed by atoms with E-state index in [1.807, 2.05) is 31.2 Å². The molecular formula is C12H16ClO3PS. The van der Waals surface area contributed by atoms with Crippen molar-refractivity contribution in [2.75, 3.05) is 20.1 Å². The Morgan fingerprint density at radius 2 is 1.89 bits per heavy atom. The first-order valence-corrected chi connectivity index (χ1v) is 8.22. The summed E-state index contributed by atoms with van der Waals surface area (Å²) >= 11 is 7.30. The number of benzene rings is 1. The topological polar surface area (TPSA) is 35.5 Å². The minimum absolute atomic E-state index is 0.259. The molecule has 0 unspecified atom stereocenters. The molecule has 0 radical (unpaired) electrons. The zero-order valence-corrected chi connectivity index (χ0v) is 13.0. The number of hydrogen-bond donors (Lipinski definition) is 0. The van der Waals surface area contributed by atoms with Gasteiger partial charge >= 0.3 is 7.60 Å². The molecular weight excluding hydrogens is 291 g/mol. The SMILES string of the molecule is COP(=O)(/C=C(\CCl)Sc1ccc(C)cc1)OC. The van der Waals surface area contributed by atoms with Crippen LogP contribution in [0.2, 0.25) is 0 Å². The maximum atomic E-state index is 12.0. The van der Waals surface area contributed by atoms with Gasteiger partial charge in [0.2, 0.25) is 0 Å². The first kappa shape index (κ1) is 15.8. The number of halogens is 1. The van der Waals surface area contributed by atoms with Crippen LogP contribution in [-0.2, 0) is 13.6 Å². The van der Waals surface area contributed by atoms with Gasteiger partial charge in [0.05, 0.1) is 5.88 Å². The number of alkyl halides is 1. The molecule has 1 rings (SSSR count). The molecule has 0 N–H and O–H groups in total. The van der Waals surface area contributed by atoms with E-state index in [4.69, 9.17) is 20.6 Å². The van der Waals surface area contributed by atoms with E-state index in [2.05, 4.69) is 0 Å². The highest BCUT2D eigenvalue weighted by Gasteiger charge is 2.18. The van der Waals surface area contributed by atoms with Crippen molar-refractivity contribution < 1.29 is 13.6 Å².